The van der Waals surface area contributed by atoms with Crippen molar-refractivity contribution < 1.29 is 25.2 Å². The molecule has 404 valence electrons. The molecule has 0 aromatic rings. The molecule has 0 heterocycles. The lowest BCUT2D eigenvalue weighted by Crippen LogP contribution is -2.53. The molecule has 4 unspecified atom stereocenters. The van der Waals surface area contributed by atoms with Gasteiger partial charge in [-0.2, -0.15) is 0 Å². The predicted octanol–water partition coefficient (Wildman–Crippen LogP) is 17.9. The number of hydrogen-bond acceptors (Lipinski definition) is 5. The third kappa shape index (κ3) is 50.7. The van der Waals surface area contributed by atoms with E-state index in [4.69, 9.17) is 0 Å². The van der Waals surface area contributed by atoms with Crippen molar-refractivity contribution in [1.82, 2.24) is 5.32 Å². The molecule has 0 rings (SSSR count). The van der Waals surface area contributed by atoms with Crippen LogP contribution in [0.4, 0.5) is 0 Å². The lowest BCUT2D eigenvalue weighted by Gasteiger charge is -2.27. The first kappa shape index (κ1) is 67.0. The first-order valence-corrected chi connectivity index (χ1v) is 30.2. The molecule has 0 aromatic carbocycles. The Bertz CT molecular complexity index is 1180. The highest BCUT2D eigenvalue weighted by atomic mass is 16.3. The Morgan fingerprint density at radius 3 is 1.00 bits per heavy atom. The van der Waals surface area contributed by atoms with E-state index in [1.165, 1.54) is 212 Å². The molecule has 0 radical (unpaired) electrons. The highest BCUT2D eigenvalue weighted by molar-refractivity contribution is 5.80. The van der Waals surface area contributed by atoms with Crippen LogP contribution in [0.1, 0.15) is 303 Å². The van der Waals surface area contributed by atoms with Crippen LogP contribution in [0.25, 0.3) is 0 Å². The van der Waals surface area contributed by atoms with Gasteiger partial charge in [0.25, 0.3) is 0 Å². The van der Waals surface area contributed by atoms with Gasteiger partial charge in [0.1, 0.15) is 12.2 Å². The molecule has 4 atom stereocenters. The van der Waals surface area contributed by atoms with Crippen LogP contribution in [0.2, 0.25) is 0 Å². The number of amides is 1. The van der Waals surface area contributed by atoms with Crippen molar-refractivity contribution in [2.45, 2.75) is 327 Å². The minimum atomic E-state index is -1.30. The molecule has 0 aliphatic carbocycles. The number of allylic oxidation sites excluding steroid dienone is 10. The maximum Gasteiger partial charge on any atom is 0.249 e. The van der Waals surface area contributed by atoms with E-state index >= 15 is 0 Å². The van der Waals surface area contributed by atoms with Crippen LogP contribution in [-0.2, 0) is 4.79 Å². The zero-order valence-electron chi connectivity index (χ0n) is 45.8. The van der Waals surface area contributed by atoms with Crippen LogP contribution >= 0.6 is 0 Å². The number of aliphatic hydroxyl groups is 4. The van der Waals surface area contributed by atoms with Gasteiger partial charge in [0, 0.05) is 0 Å². The quantitative estimate of drug-likeness (QED) is 0.0308. The summed E-state index contributed by atoms with van der Waals surface area (Å²) in [6, 6.07) is -1.02. The Morgan fingerprint density at radius 2 is 0.652 bits per heavy atom. The predicted molar refractivity (Wildman–Crippen MR) is 302 cm³/mol. The fourth-order valence-corrected chi connectivity index (χ4v) is 9.18. The number of rotatable bonds is 55. The van der Waals surface area contributed by atoms with Crippen LogP contribution in [0.3, 0.4) is 0 Å². The highest BCUT2D eigenvalue weighted by Gasteiger charge is 2.28. The smallest absolute Gasteiger partial charge is 0.249 e. The molecule has 69 heavy (non-hydrogen) atoms. The van der Waals surface area contributed by atoms with Gasteiger partial charge < -0.3 is 25.7 Å². The zero-order valence-corrected chi connectivity index (χ0v) is 45.8. The summed E-state index contributed by atoms with van der Waals surface area (Å²) in [6.45, 7) is 4.06. The molecule has 0 aromatic heterocycles. The van der Waals surface area contributed by atoms with E-state index in [2.05, 4.69) is 79.9 Å². The lowest BCUT2D eigenvalue weighted by molar-refractivity contribution is -0.132. The average Bonchev–Trinajstić information content (AvgIpc) is 3.35. The van der Waals surface area contributed by atoms with E-state index < -0.39 is 36.9 Å². The Hall–Kier alpha value is -1.99. The van der Waals surface area contributed by atoms with Crippen molar-refractivity contribution in [2.75, 3.05) is 6.61 Å². The number of carbonyl (C=O) groups excluding carboxylic acids is 1. The molecule has 0 aliphatic rings. The van der Waals surface area contributed by atoms with Gasteiger partial charge in [-0.05, 0) is 96.3 Å². The normalized spacial score (nSPS) is 14.1. The summed E-state index contributed by atoms with van der Waals surface area (Å²) in [5, 5.41) is 44.0. The van der Waals surface area contributed by atoms with E-state index in [1.807, 2.05) is 0 Å². The van der Waals surface area contributed by atoms with Gasteiger partial charge >= 0.3 is 0 Å². The molecule has 0 spiro atoms. The maximum absolute atomic E-state index is 12.6. The van der Waals surface area contributed by atoms with E-state index in [9.17, 15) is 25.2 Å². The number of aliphatic hydroxyl groups excluding tert-OH is 4. The lowest BCUT2D eigenvalue weighted by atomic mass is 10.00. The van der Waals surface area contributed by atoms with Gasteiger partial charge in [-0.1, -0.05) is 267 Å². The third-order valence-corrected chi connectivity index (χ3v) is 13.9. The van der Waals surface area contributed by atoms with Gasteiger partial charge in [0.2, 0.25) is 5.91 Å². The topological polar surface area (TPSA) is 110 Å². The standard InChI is InChI=1S/C63H117NO5/c1-3-5-7-9-11-13-15-17-19-21-23-25-27-29-31-33-34-36-38-40-42-44-46-48-50-52-54-56-60(66)62(68)59(58-65)64-63(69)61(67)57-55-53-51-49-47-45-43-41-39-37-35-32-30-28-26-24-22-20-18-16-14-12-10-8-6-4-2/h24,26,30,32-34,40,42,48,50,59-62,65-68H,3-23,25,27-29,31,35-39,41,43-47,49,51-58H2,1-2H3,(H,64,69)/b26-24-,32-30-,34-33+,42-40+,50-48+. The molecule has 6 heteroatoms. The molecule has 0 saturated carbocycles. The molecule has 5 N–H and O–H groups in total. The summed E-state index contributed by atoms with van der Waals surface area (Å²) < 4.78 is 0. The Balaban J connectivity index is 3.71. The van der Waals surface area contributed by atoms with Crippen LogP contribution in [-0.4, -0.2) is 57.3 Å². The number of nitrogens with one attached hydrogen (secondary N) is 1. The fourth-order valence-electron chi connectivity index (χ4n) is 9.18. The second-order valence-corrected chi connectivity index (χ2v) is 20.7. The van der Waals surface area contributed by atoms with Crippen molar-refractivity contribution in [3.8, 4) is 0 Å². The van der Waals surface area contributed by atoms with Gasteiger partial charge in [-0.15, -0.1) is 0 Å². The van der Waals surface area contributed by atoms with E-state index in [0.717, 1.165) is 57.8 Å². The molecule has 0 saturated heterocycles. The fraction of sp³-hybridized carbons (Fsp3) is 0.825. The summed E-state index contributed by atoms with van der Waals surface area (Å²) in [5.41, 5.74) is 0. The van der Waals surface area contributed by atoms with E-state index in [-0.39, 0.29) is 0 Å². The van der Waals surface area contributed by atoms with Crippen LogP contribution < -0.4 is 5.32 Å². The van der Waals surface area contributed by atoms with Crippen molar-refractivity contribution in [2.24, 2.45) is 0 Å². The minimum absolute atomic E-state index is 0.353. The highest BCUT2D eigenvalue weighted by Crippen LogP contribution is 2.17. The summed E-state index contributed by atoms with van der Waals surface area (Å²) >= 11 is 0. The number of hydrogen-bond donors (Lipinski definition) is 5. The first-order chi connectivity index (χ1) is 34.0. The second kappa shape index (κ2) is 56.9. The second-order valence-electron chi connectivity index (χ2n) is 20.7. The SMILES string of the molecule is CCCCCCCCCCC/C=C\C/C=C\CCCCCCCCCCCCC(O)C(=O)NC(CO)C(O)C(O)CCC/C=C/CC/C=C/CC/C=C/CCCCCCCCCCCCCCCC. The molecule has 0 aliphatic heterocycles. The summed E-state index contributed by atoms with van der Waals surface area (Å²) in [7, 11) is 0. The van der Waals surface area contributed by atoms with E-state index in [0.29, 0.717) is 19.3 Å². The maximum atomic E-state index is 12.6. The van der Waals surface area contributed by atoms with Gasteiger partial charge in [-0.25, -0.2) is 0 Å². The van der Waals surface area contributed by atoms with Crippen LogP contribution in [0.15, 0.2) is 60.8 Å². The Kier molecular flexibility index (Phi) is 55.3. The monoisotopic (exact) mass is 968 g/mol. The first-order valence-electron chi connectivity index (χ1n) is 30.2. The van der Waals surface area contributed by atoms with Gasteiger partial charge in [0.05, 0.1) is 18.8 Å². The summed E-state index contributed by atoms with van der Waals surface area (Å²) in [5.74, 6) is -0.601. The van der Waals surface area contributed by atoms with E-state index in [1.54, 1.807) is 0 Å². The number of unbranched alkanes of at least 4 members (excludes halogenated alkanes) is 36. The largest absolute Gasteiger partial charge is 0.394 e. The molecule has 1 amide bonds. The summed E-state index contributed by atoms with van der Waals surface area (Å²) in [4.78, 5) is 12.6. The van der Waals surface area contributed by atoms with Crippen molar-refractivity contribution in [1.29, 1.82) is 0 Å². The minimum Gasteiger partial charge on any atom is -0.394 e. The molecule has 0 fully saturated rings. The Morgan fingerprint density at radius 1 is 0.362 bits per heavy atom. The van der Waals surface area contributed by atoms with Crippen LogP contribution in [0.5, 0.6) is 0 Å². The molecule has 0 bridgehead atoms. The third-order valence-electron chi connectivity index (χ3n) is 13.9. The Labute approximate surface area is 429 Å². The van der Waals surface area contributed by atoms with Crippen molar-refractivity contribution in [3.63, 3.8) is 0 Å². The molecular weight excluding hydrogens is 851 g/mol. The number of carbonyl (C=O) groups is 1. The van der Waals surface area contributed by atoms with Gasteiger partial charge in [0.15, 0.2) is 0 Å². The van der Waals surface area contributed by atoms with Gasteiger partial charge in [-0.3, -0.25) is 4.79 Å². The summed E-state index contributed by atoms with van der Waals surface area (Å²) in [6.07, 6.45) is 74.4. The molecular formula is C63H117NO5. The average molecular weight is 969 g/mol. The zero-order chi connectivity index (χ0) is 50.2. The molecule has 6 nitrogen and oxygen atoms in total. The van der Waals surface area contributed by atoms with Crippen molar-refractivity contribution >= 4 is 5.91 Å². The van der Waals surface area contributed by atoms with Crippen LogP contribution in [0, 0.1) is 0 Å². The van der Waals surface area contributed by atoms with Crippen molar-refractivity contribution in [3.05, 3.63) is 60.8 Å².